The minimum absolute atomic E-state index is 0.411. The molecule has 0 bridgehead atoms. The predicted molar refractivity (Wildman–Crippen MR) is 108 cm³/mol. The van der Waals surface area contributed by atoms with E-state index < -0.39 is 0 Å². The van der Waals surface area contributed by atoms with Crippen molar-refractivity contribution in [2.75, 3.05) is 18.4 Å². The number of fused-ring (bicyclic) bond motifs is 1. The molecule has 28 heavy (non-hydrogen) atoms. The fraction of sp³-hybridized carbons (Fsp3) is 0.190. The monoisotopic (exact) mass is 372 g/mol. The summed E-state index contributed by atoms with van der Waals surface area (Å²) in [6.07, 6.45) is 2.89. The first-order valence-corrected chi connectivity index (χ1v) is 9.37. The molecule has 1 aliphatic rings. The van der Waals surface area contributed by atoms with Gasteiger partial charge in [-0.1, -0.05) is 24.3 Å². The zero-order valence-corrected chi connectivity index (χ0v) is 15.2. The van der Waals surface area contributed by atoms with Gasteiger partial charge in [-0.25, -0.2) is 14.5 Å². The van der Waals surface area contributed by atoms with Crippen molar-refractivity contribution >= 4 is 11.5 Å². The number of hydrogen-bond acceptors (Lipinski definition) is 6. The van der Waals surface area contributed by atoms with E-state index in [2.05, 4.69) is 20.7 Å². The largest absolute Gasteiger partial charge is 0.438 e. The molecule has 1 aromatic carbocycles. The number of benzene rings is 1. The average molecular weight is 372 g/mol. The van der Waals surface area contributed by atoms with Crippen molar-refractivity contribution in [1.29, 1.82) is 0 Å². The van der Waals surface area contributed by atoms with E-state index in [1.54, 1.807) is 10.7 Å². The molecule has 1 saturated heterocycles. The summed E-state index contributed by atoms with van der Waals surface area (Å²) in [5.41, 5.74) is 2.38. The molecule has 2 N–H and O–H groups in total. The van der Waals surface area contributed by atoms with Crippen molar-refractivity contribution in [3.05, 3.63) is 66.9 Å². The molecule has 0 spiro atoms. The molecule has 7 heteroatoms. The van der Waals surface area contributed by atoms with Crippen LogP contribution in [-0.2, 0) is 0 Å². The van der Waals surface area contributed by atoms with Gasteiger partial charge in [-0.3, -0.25) is 0 Å². The van der Waals surface area contributed by atoms with Gasteiger partial charge < -0.3 is 15.4 Å². The third-order valence-electron chi connectivity index (χ3n) is 4.73. The molecule has 4 heterocycles. The van der Waals surface area contributed by atoms with Crippen molar-refractivity contribution < 1.29 is 4.74 Å². The summed E-state index contributed by atoms with van der Waals surface area (Å²) in [4.78, 5) is 9.21. The Morgan fingerprint density at radius 1 is 1.04 bits per heavy atom. The number of hydrogen-bond donors (Lipinski definition) is 2. The fourth-order valence-electron chi connectivity index (χ4n) is 3.34. The molecule has 0 saturated carbocycles. The van der Waals surface area contributed by atoms with E-state index in [0.29, 0.717) is 11.9 Å². The number of nitrogens with zero attached hydrogens (tertiary/aromatic N) is 4. The SMILES string of the molecule is c1ccc(Oc2ccc3ncc(-c4cccc(NC5CCNC5)n4)n3n2)cc1. The Hall–Kier alpha value is -3.45. The van der Waals surface area contributed by atoms with Crippen molar-refractivity contribution in [1.82, 2.24) is 24.9 Å². The fourth-order valence-corrected chi connectivity index (χ4v) is 3.34. The zero-order valence-electron chi connectivity index (χ0n) is 15.2. The van der Waals surface area contributed by atoms with Crippen LogP contribution in [0.25, 0.3) is 17.0 Å². The lowest BCUT2D eigenvalue weighted by Crippen LogP contribution is -2.22. The molecule has 0 amide bonds. The normalized spacial score (nSPS) is 16.4. The van der Waals surface area contributed by atoms with Crippen LogP contribution in [0.3, 0.4) is 0 Å². The van der Waals surface area contributed by atoms with E-state index in [0.717, 1.165) is 48.1 Å². The van der Waals surface area contributed by atoms with Gasteiger partial charge in [0, 0.05) is 18.7 Å². The standard InChI is InChI=1S/C21H20N6O/c1-2-5-16(6-3-1)28-21-10-9-20-23-14-18(27(20)26-21)17-7-4-8-19(25-17)24-15-11-12-22-13-15/h1-10,14-15,22H,11-13H2,(H,24,25). The van der Waals surface area contributed by atoms with Crippen molar-refractivity contribution in [3.8, 4) is 23.0 Å². The Morgan fingerprint density at radius 3 is 2.82 bits per heavy atom. The number of anilines is 1. The first-order valence-electron chi connectivity index (χ1n) is 9.37. The van der Waals surface area contributed by atoms with Gasteiger partial charge in [-0.05, 0) is 43.3 Å². The molecule has 140 valence electrons. The summed E-state index contributed by atoms with van der Waals surface area (Å²) in [5, 5.41) is 11.4. The van der Waals surface area contributed by atoms with E-state index >= 15 is 0 Å². The number of rotatable bonds is 5. The van der Waals surface area contributed by atoms with E-state index in [-0.39, 0.29) is 0 Å². The molecule has 0 radical (unpaired) electrons. The van der Waals surface area contributed by atoms with Crippen LogP contribution in [0.5, 0.6) is 11.6 Å². The van der Waals surface area contributed by atoms with Crippen LogP contribution in [-0.4, -0.2) is 38.7 Å². The summed E-state index contributed by atoms with van der Waals surface area (Å²) in [5.74, 6) is 2.10. The molecule has 1 unspecified atom stereocenters. The zero-order chi connectivity index (χ0) is 18.8. The highest BCUT2D eigenvalue weighted by Gasteiger charge is 2.15. The summed E-state index contributed by atoms with van der Waals surface area (Å²) in [6.45, 7) is 2.00. The molecule has 0 aliphatic carbocycles. The van der Waals surface area contributed by atoms with E-state index in [4.69, 9.17) is 9.72 Å². The number of imidazole rings is 1. The van der Waals surface area contributed by atoms with Crippen molar-refractivity contribution in [2.24, 2.45) is 0 Å². The van der Waals surface area contributed by atoms with Crippen LogP contribution in [0.4, 0.5) is 5.82 Å². The minimum Gasteiger partial charge on any atom is -0.438 e. The van der Waals surface area contributed by atoms with Crippen molar-refractivity contribution in [2.45, 2.75) is 12.5 Å². The molecule has 5 rings (SSSR count). The number of ether oxygens (including phenoxy) is 1. The molecule has 1 aliphatic heterocycles. The lowest BCUT2D eigenvalue weighted by molar-refractivity contribution is 0.453. The lowest BCUT2D eigenvalue weighted by Gasteiger charge is -2.12. The third kappa shape index (κ3) is 3.39. The minimum atomic E-state index is 0.411. The molecule has 3 aromatic heterocycles. The smallest absolute Gasteiger partial charge is 0.237 e. The molecule has 1 atom stereocenters. The maximum atomic E-state index is 5.86. The highest BCUT2D eigenvalue weighted by atomic mass is 16.5. The second-order valence-electron chi connectivity index (χ2n) is 6.74. The Bertz CT molecular complexity index is 1090. The molecule has 4 aromatic rings. The van der Waals surface area contributed by atoms with Gasteiger partial charge in [0.1, 0.15) is 17.3 Å². The summed E-state index contributed by atoms with van der Waals surface area (Å²) >= 11 is 0. The van der Waals surface area contributed by atoms with Gasteiger partial charge in [0.25, 0.3) is 0 Å². The van der Waals surface area contributed by atoms with Crippen LogP contribution in [0.1, 0.15) is 6.42 Å². The lowest BCUT2D eigenvalue weighted by atomic mass is 10.2. The number of aromatic nitrogens is 4. The van der Waals surface area contributed by atoms with Crippen LogP contribution >= 0.6 is 0 Å². The van der Waals surface area contributed by atoms with E-state index in [1.807, 2.05) is 60.7 Å². The van der Waals surface area contributed by atoms with Gasteiger partial charge in [0.15, 0.2) is 5.65 Å². The Morgan fingerprint density at radius 2 is 1.96 bits per heavy atom. The van der Waals surface area contributed by atoms with Crippen LogP contribution in [0.2, 0.25) is 0 Å². The predicted octanol–water partition coefficient (Wildman–Crippen LogP) is 3.36. The van der Waals surface area contributed by atoms with Crippen LogP contribution in [0, 0.1) is 0 Å². The number of para-hydroxylation sites is 1. The van der Waals surface area contributed by atoms with Gasteiger partial charge in [-0.15, -0.1) is 5.10 Å². The van der Waals surface area contributed by atoms with Crippen molar-refractivity contribution in [3.63, 3.8) is 0 Å². The molecule has 7 nitrogen and oxygen atoms in total. The molecular weight excluding hydrogens is 352 g/mol. The second kappa shape index (κ2) is 7.28. The quantitative estimate of drug-likeness (QED) is 0.559. The summed E-state index contributed by atoms with van der Waals surface area (Å²) in [6, 6.07) is 19.7. The number of pyridine rings is 1. The maximum absolute atomic E-state index is 5.86. The molecule has 1 fully saturated rings. The third-order valence-corrected chi connectivity index (χ3v) is 4.73. The summed E-state index contributed by atoms with van der Waals surface area (Å²) in [7, 11) is 0. The first kappa shape index (κ1) is 16.7. The van der Waals surface area contributed by atoms with Gasteiger partial charge >= 0.3 is 0 Å². The number of nitrogens with one attached hydrogen (secondary N) is 2. The van der Waals surface area contributed by atoms with E-state index in [1.165, 1.54) is 0 Å². The second-order valence-corrected chi connectivity index (χ2v) is 6.74. The van der Waals surface area contributed by atoms with E-state index in [9.17, 15) is 0 Å². The summed E-state index contributed by atoms with van der Waals surface area (Å²) < 4.78 is 7.63. The van der Waals surface area contributed by atoms with Crippen LogP contribution < -0.4 is 15.4 Å². The maximum Gasteiger partial charge on any atom is 0.237 e. The Kier molecular flexibility index (Phi) is 4.34. The highest BCUT2D eigenvalue weighted by molar-refractivity contribution is 5.61. The van der Waals surface area contributed by atoms with Gasteiger partial charge in [0.2, 0.25) is 5.88 Å². The highest BCUT2D eigenvalue weighted by Crippen LogP contribution is 2.23. The van der Waals surface area contributed by atoms with Gasteiger partial charge in [-0.2, -0.15) is 0 Å². The topological polar surface area (TPSA) is 76.4 Å². The first-order chi connectivity index (χ1) is 13.8. The average Bonchev–Trinajstić information content (AvgIpc) is 3.38. The Balaban J connectivity index is 1.46. The van der Waals surface area contributed by atoms with Crippen LogP contribution in [0.15, 0.2) is 66.9 Å². The van der Waals surface area contributed by atoms with Gasteiger partial charge in [0.05, 0.1) is 11.9 Å². The Labute approximate surface area is 162 Å². The molecular formula is C21H20N6O.